The average molecular weight is 265 g/mol. The second-order valence-corrected chi connectivity index (χ2v) is 6.35. The minimum absolute atomic E-state index is 0.171. The Morgan fingerprint density at radius 3 is 3.06 bits per heavy atom. The predicted molar refractivity (Wildman–Crippen MR) is 71.8 cm³/mol. The minimum Gasteiger partial charge on any atom is -0.336 e. The van der Waals surface area contributed by atoms with Gasteiger partial charge in [-0.2, -0.15) is 0 Å². The molecule has 2 saturated heterocycles. The number of amides is 1. The van der Waals surface area contributed by atoms with E-state index in [1.54, 1.807) is 11.7 Å². The molecule has 2 atom stereocenters. The van der Waals surface area contributed by atoms with Crippen LogP contribution in [0.4, 0.5) is 0 Å². The molecule has 0 spiro atoms. The van der Waals surface area contributed by atoms with E-state index < -0.39 is 0 Å². The first-order valence-electron chi connectivity index (χ1n) is 6.62. The number of nitrogens with zero attached hydrogens (tertiary/aromatic N) is 3. The highest BCUT2D eigenvalue weighted by Crippen LogP contribution is 2.26. The molecule has 1 aromatic rings. The number of hydrogen-bond donors (Lipinski definition) is 0. The van der Waals surface area contributed by atoms with Crippen molar-refractivity contribution in [3.05, 3.63) is 16.6 Å². The largest absolute Gasteiger partial charge is 0.336 e. The second kappa shape index (κ2) is 4.97. The number of carbonyl (C=O) groups is 1. The van der Waals surface area contributed by atoms with Crippen molar-refractivity contribution < 1.29 is 4.79 Å². The van der Waals surface area contributed by atoms with Crippen LogP contribution in [0.3, 0.4) is 0 Å². The first-order chi connectivity index (χ1) is 8.74. The Labute approximate surface area is 112 Å². The Bertz CT molecular complexity index is 420. The van der Waals surface area contributed by atoms with Gasteiger partial charge in [-0.1, -0.05) is 6.42 Å². The van der Waals surface area contributed by atoms with Gasteiger partial charge in [0.15, 0.2) is 0 Å². The first kappa shape index (κ1) is 12.1. The maximum Gasteiger partial charge on any atom is 0.265 e. The number of rotatable bonds is 1. The number of likely N-dealkylation sites (N-methyl/N-ethyl adjacent to an activating group) is 1. The monoisotopic (exact) mass is 265 g/mol. The van der Waals surface area contributed by atoms with Gasteiger partial charge in [-0.25, -0.2) is 0 Å². The molecule has 0 N–H and O–H groups in total. The molecule has 4 nitrogen and oxygen atoms in total. The van der Waals surface area contributed by atoms with Crippen molar-refractivity contribution in [3.63, 3.8) is 0 Å². The lowest BCUT2D eigenvalue weighted by atomic mass is 10.00. The molecule has 0 unspecified atom stereocenters. The van der Waals surface area contributed by atoms with E-state index in [-0.39, 0.29) is 5.91 Å². The van der Waals surface area contributed by atoms with Gasteiger partial charge in [0, 0.05) is 25.7 Å². The molecule has 0 radical (unpaired) electrons. The van der Waals surface area contributed by atoms with Crippen LogP contribution >= 0.6 is 11.3 Å². The topological polar surface area (TPSA) is 36.4 Å². The van der Waals surface area contributed by atoms with Crippen molar-refractivity contribution in [2.75, 3.05) is 26.7 Å². The zero-order chi connectivity index (χ0) is 12.5. The molecule has 1 amide bonds. The molecule has 2 aliphatic rings. The Kier molecular flexibility index (Phi) is 3.35. The van der Waals surface area contributed by atoms with E-state index >= 15 is 0 Å². The highest BCUT2D eigenvalue weighted by molar-refractivity contribution is 7.11. The molecule has 0 saturated carbocycles. The average Bonchev–Trinajstić information content (AvgIpc) is 2.74. The lowest BCUT2D eigenvalue weighted by molar-refractivity contribution is 0.0715. The molecule has 1 aromatic heterocycles. The number of thiazole rings is 1. The fraction of sp³-hybridized carbons (Fsp3) is 0.692. The van der Waals surface area contributed by atoms with E-state index in [9.17, 15) is 4.79 Å². The molecule has 5 heteroatoms. The molecule has 3 heterocycles. The van der Waals surface area contributed by atoms with Crippen LogP contribution in [0, 0.1) is 5.92 Å². The SMILES string of the molecule is CN1C[C@@H]2CCC[C@H]1CN(C(=O)c1cncs1)C2. The van der Waals surface area contributed by atoms with E-state index in [4.69, 9.17) is 0 Å². The Morgan fingerprint density at radius 2 is 2.28 bits per heavy atom. The van der Waals surface area contributed by atoms with Gasteiger partial charge in [0.1, 0.15) is 4.88 Å². The number of aromatic nitrogens is 1. The van der Waals surface area contributed by atoms with Crippen molar-refractivity contribution in [2.45, 2.75) is 25.3 Å². The number of fused-ring (bicyclic) bond motifs is 3. The third-order valence-corrected chi connectivity index (χ3v) is 4.92. The summed E-state index contributed by atoms with van der Waals surface area (Å²) in [5.74, 6) is 0.809. The summed E-state index contributed by atoms with van der Waals surface area (Å²) in [5, 5.41) is 0. The molecule has 2 aliphatic heterocycles. The summed E-state index contributed by atoms with van der Waals surface area (Å²) in [4.78, 5) is 21.7. The summed E-state index contributed by atoms with van der Waals surface area (Å²) in [6.07, 6.45) is 5.48. The van der Waals surface area contributed by atoms with Gasteiger partial charge in [-0.3, -0.25) is 9.78 Å². The van der Waals surface area contributed by atoms with Crippen LogP contribution in [0.25, 0.3) is 0 Å². The van der Waals surface area contributed by atoms with Crippen LogP contribution in [0.1, 0.15) is 28.9 Å². The molecule has 0 aliphatic carbocycles. The zero-order valence-corrected chi connectivity index (χ0v) is 11.5. The van der Waals surface area contributed by atoms with Gasteiger partial charge in [-0.05, 0) is 25.8 Å². The van der Waals surface area contributed by atoms with Gasteiger partial charge in [0.25, 0.3) is 5.91 Å². The van der Waals surface area contributed by atoms with Gasteiger partial charge in [-0.15, -0.1) is 11.3 Å². The number of hydrogen-bond acceptors (Lipinski definition) is 4. The molecular weight excluding hydrogens is 246 g/mol. The van der Waals surface area contributed by atoms with Gasteiger partial charge in [0.05, 0.1) is 11.7 Å². The lowest BCUT2D eigenvalue weighted by Gasteiger charge is -2.29. The van der Waals surface area contributed by atoms with Crippen molar-refractivity contribution in [1.82, 2.24) is 14.8 Å². The van der Waals surface area contributed by atoms with E-state index in [0.29, 0.717) is 12.0 Å². The Morgan fingerprint density at radius 1 is 1.39 bits per heavy atom. The molecular formula is C13H19N3OS. The van der Waals surface area contributed by atoms with Crippen LogP contribution in [-0.4, -0.2) is 53.4 Å². The molecule has 98 valence electrons. The fourth-order valence-corrected chi connectivity index (χ4v) is 3.76. The molecule has 0 aromatic carbocycles. The summed E-state index contributed by atoms with van der Waals surface area (Å²) in [6.45, 7) is 2.93. The molecule has 2 fully saturated rings. The number of carbonyl (C=O) groups excluding carboxylic acids is 1. The van der Waals surface area contributed by atoms with Crippen molar-refractivity contribution >= 4 is 17.2 Å². The normalized spacial score (nSPS) is 29.1. The van der Waals surface area contributed by atoms with Crippen LogP contribution in [0.2, 0.25) is 0 Å². The van der Waals surface area contributed by atoms with Gasteiger partial charge >= 0.3 is 0 Å². The van der Waals surface area contributed by atoms with E-state index in [1.807, 2.05) is 4.90 Å². The fourth-order valence-electron chi connectivity index (χ4n) is 3.17. The lowest BCUT2D eigenvalue weighted by Crippen LogP contribution is -2.41. The highest BCUT2D eigenvalue weighted by Gasteiger charge is 2.33. The maximum absolute atomic E-state index is 12.4. The molecule has 2 bridgehead atoms. The smallest absolute Gasteiger partial charge is 0.265 e. The van der Waals surface area contributed by atoms with E-state index in [2.05, 4.69) is 16.9 Å². The van der Waals surface area contributed by atoms with Crippen LogP contribution in [-0.2, 0) is 0 Å². The third-order valence-electron chi connectivity index (χ3n) is 4.16. The summed E-state index contributed by atoms with van der Waals surface area (Å²) >= 11 is 1.44. The van der Waals surface area contributed by atoms with E-state index in [0.717, 1.165) is 24.5 Å². The predicted octanol–water partition coefficient (Wildman–Crippen LogP) is 1.70. The van der Waals surface area contributed by atoms with Crippen molar-refractivity contribution in [2.24, 2.45) is 5.92 Å². The van der Waals surface area contributed by atoms with Crippen LogP contribution in [0.15, 0.2) is 11.7 Å². The third kappa shape index (κ3) is 2.29. The Hall–Kier alpha value is -0.940. The van der Waals surface area contributed by atoms with Gasteiger partial charge in [0.2, 0.25) is 0 Å². The molecule has 18 heavy (non-hydrogen) atoms. The first-order valence-corrected chi connectivity index (χ1v) is 7.50. The van der Waals surface area contributed by atoms with E-state index in [1.165, 1.54) is 30.6 Å². The summed E-state index contributed by atoms with van der Waals surface area (Å²) in [5.41, 5.74) is 1.73. The Balaban J connectivity index is 1.80. The van der Waals surface area contributed by atoms with Crippen LogP contribution in [0.5, 0.6) is 0 Å². The minimum atomic E-state index is 0.171. The summed E-state index contributed by atoms with van der Waals surface area (Å²) < 4.78 is 0. The summed E-state index contributed by atoms with van der Waals surface area (Å²) in [7, 11) is 2.20. The van der Waals surface area contributed by atoms with Crippen molar-refractivity contribution in [3.8, 4) is 0 Å². The second-order valence-electron chi connectivity index (χ2n) is 5.47. The summed E-state index contributed by atoms with van der Waals surface area (Å²) in [6, 6.07) is 0.536. The zero-order valence-electron chi connectivity index (χ0n) is 10.7. The van der Waals surface area contributed by atoms with Gasteiger partial charge < -0.3 is 9.80 Å². The number of likely N-dealkylation sites (tertiary alicyclic amines) is 1. The maximum atomic E-state index is 12.4. The quantitative estimate of drug-likeness (QED) is 0.775. The standard InChI is InChI=1S/C13H19N3OS/c1-15-6-10-3-2-4-11(15)8-16(7-10)13(17)12-5-14-9-18-12/h5,9-11H,2-4,6-8H2,1H3/t10-,11-/m0/s1. The van der Waals surface area contributed by atoms with Crippen LogP contribution < -0.4 is 0 Å². The van der Waals surface area contributed by atoms with Crippen molar-refractivity contribution in [1.29, 1.82) is 0 Å². The molecule has 3 rings (SSSR count). The highest BCUT2D eigenvalue weighted by atomic mass is 32.1.